The van der Waals surface area contributed by atoms with Crippen molar-refractivity contribution in [1.29, 1.82) is 0 Å². The van der Waals surface area contributed by atoms with E-state index in [0.29, 0.717) is 23.2 Å². The second-order valence-corrected chi connectivity index (χ2v) is 12.9. The van der Waals surface area contributed by atoms with Crippen LogP contribution in [0.3, 0.4) is 0 Å². The molecule has 0 aliphatic rings. The molecule has 0 spiro atoms. The van der Waals surface area contributed by atoms with Crippen LogP contribution in [0.1, 0.15) is 0 Å². The highest BCUT2D eigenvalue weighted by molar-refractivity contribution is 7.25. The first-order chi connectivity index (χ1) is 22.8. The number of hydrogen-bond donors (Lipinski definition) is 0. The van der Waals surface area contributed by atoms with Gasteiger partial charge < -0.3 is 4.42 Å². The molecule has 6 heteroatoms. The van der Waals surface area contributed by atoms with Gasteiger partial charge in [-0.15, -0.1) is 11.3 Å². The summed E-state index contributed by atoms with van der Waals surface area (Å²) in [4.78, 5) is 20.2. The van der Waals surface area contributed by atoms with Crippen LogP contribution in [0.4, 0.5) is 0 Å². The van der Waals surface area contributed by atoms with E-state index < -0.39 is 0 Å². The van der Waals surface area contributed by atoms with E-state index in [1.54, 1.807) is 11.3 Å². The van der Waals surface area contributed by atoms with Crippen LogP contribution in [0.5, 0.6) is 0 Å². The highest BCUT2D eigenvalue weighted by Gasteiger charge is 2.25. The summed E-state index contributed by atoms with van der Waals surface area (Å²) < 4.78 is 9.11. The summed E-state index contributed by atoms with van der Waals surface area (Å²) in [5, 5.41) is 11.6. The zero-order valence-corrected chi connectivity index (χ0v) is 25.0. The Kier molecular flexibility index (Phi) is 4.66. The minimum absolute atomic E-state index is 0.571. The van der Waals surface area contributed by atoms with Gasteiger partial charge in [-0.3, -0.25) is 0 Å². The lowest BCUT2D eigenvalue weighted by Crippen LogP contribution is -2.01. The predicted octanol–water partition coefficient (Wildman–Crippen LogP) is 10.9. The topological polar surface area (TPSA) is 64.7 Å². The van der Waals surface area contributed by atoms with Gasteiger partial charge in [-0.25, -0.2) is 19.9 Å². The van der Waals surface area contributed by atoms with E-state index >= 15 is 0 Å². The second-order valence-electron chi connectivity index (χ2n) is 11.8. The highest BCUT2D eigenvalue weighted by atomic mass is 32.1. The van der Waals surface area contributed by atoms with Gasteiger partial charge in [0.05, 0.1) is 10.9 Å². The number of aromatic nitrogens is 4. The molecule has 0 atom stereocenters. The second kappa shape index (κ2) is 8.81. The first-order valence-corrected chi connectivity index (χ1v) is 16.0. The minimum atomic E-state index is 0.571. The first kappa shape index (κ1) is 24.4. The lowest BCUT2D eigenvalue weighted by Gasteiger charge is -2.14. The van der Waals surface area contributed by atoms with Crippen molar-refractivity contribution < 1.29 is 4.42 Å². The molecule has 0 amide bonds. The Balaban J connectivity index is 1.28. The molecular weight excluding hydrogens is 585 g/mol. The fourth-order valence-electron chi connectivity index (χ4n) is 7.37. The van der Waals surface area contributed by atoms with Crippen molar-refractivity contribution in [3.63, 3.8) is 0 Å². The molecule has 0 unspecified atom stereocenters. The molecule has 0 N–H and O–H groups in total. The molecule has 46 heavy (non-hydrogen) atoms. The number of furan rings is 1. The molecule has 212 valence electrons. The molecule has 7 aromatic carbocycles. The van der Waals surface area contributed by atoms with Crippen LogP contribution in [0.15, 0.2) is 126 Å². The summed E-state index contributed by atoms with van der Waals surface area (Å²) in [5.41, 5.74) is 4.11. The Bertz CT molecular complexity index is 2980. The third-order valence-electron chi connectivity index (χ3n) is 9.31. The fraction of sp³-hybridized carbons (Fsp3) is 0. The van der Waals surface area contributed by atoms with Gasteiger partial charge in [0.1, 0.15) is 5.58 Å². The van der Waals surface area contributed by atoms with Gasteiger partial charge >= 0.3 is 0 Å². The normalized spacial score (nSPS) is 12.3. The summed E-state index contributed by atoms with van der Waals surface area (Å²) >= 11 is 1.79. The van der Waals surface area contributed by atoms with Gasteiger partial charge in [0.25, 0.3) is 0 Å². The molecule has 0 radical (unpaired) electrons. The molecule has 0 saturated heterocycles. The first-order valence-electron chi connectivity index (χ1n) is 15.2. The van der Waals surface area contributed by atoms with Crippen molar-refractivity contribution >= 4 is 85.9 Å². The summed E-state index contributed by atoms with van der Waals surface area (Å²) in [6.07, 6.45) is 1.84. The van der Waals surface area contributed by atoms with Gasteiger partial charge in [0.2, 0.25) is 5.71 Å². The monoisotopic (exact) mass is 604 g/mol. The Hall–Kier alpha value is -5.98. The standard InChI is InChI=1S/C40H20N4OS/c1-2-8-22(9-3-1)37-42-38(27-13-7-15-30-33(27)26-11-4-5-14-29(26)46-30)44-39(43-37)28-20-23-17-16-21-10-6-12-24-25-18-19-41-40-34(25)35(36(28)45-40)32(23)31(21)24/h1-20H. The number of fused-ring (bicyclic) bond motifs is 4. The van der Waals surface area contributed by atoms with Crippen LogP contribution in [0.2, 0.25) is 0 Å². The number of hydrogen-bond acceptors (Lipinski definition) is 6. The van der Waals surface area contributed by atoms with Gasteiger partial charge in [-0.05, 0) is 51.2 Å². The smallest absolute Gasteiger partial charge is 0.227 e. The van der Waals surface area contributed by atoms with E-state index in [9.17, 15) is 0 Å². The lowest BCUT2D eigenvalue weighted by molar-refractivity contribution is 0.655. The van der Waals surface area contributed by atoms with Crippen LogP contribution < -0.4 is 0 Å². The molecule has 0 bridgehead atoms. The number of nitrogens with zero attached hydrogens (tertiary/aromatic N) is 4. The van der Waals surface area contributed by atoms with Gasteiger partial charge in [0, 0.05) is 48.3 Å². The molecule has 0 aliphatic heterocycles. The van der Waals surface area contributed by atoms with E-state index in [0.717, 1.165) is 49.2 Å². The van der Waals surface area contributed by atoms with E-state index in [4.69, 9.17) is 19.4 Å². The Morgan fingerprint density at radius 2 is 1.22 bits per heavy atom. The molecule has 0 saturated carbocycles. The van der Waals surface area contributed by atoms with E-state index in [2.05, 4.69) is 89.9 Å². The van der Waals surface area contributed by atoms with Crippen molar-refractivity contribution in [2.45, 2.75) is 0 Å². The molecule has 0 aliphatic carbocycles. The van der Waals surface area contributed by atoms with Crippen LogP contribution >= 0.6 is 11.3 Å². The van der Waals surface area contributed by atoms with Crippen molar-refractivity contribution in [3.05, 3.63) is 121 Å². The fourth-order valence-corrected chi connectivity index (χ4v) is 8.50. The lowest BCUT2D eigenvalue weighted by atomic mass is 9.89. The molecule has 5 nitrogen and oxygen atoms in total. The number of thiophene rings is 1. The minimum Gasteiger partial charge on any atom is -0.437 e. The average Bonchev–Trinajstić information content (AvgIpc) is 3.70. The van der Waals surface area contributed by atoms with Crippen LogP contribution in [-0.4, -0.2) is 19.9 Å². The van der Waals surface area contributed by atoms with Gasteiger partial charge in [0.15, 0.2) is 17.5 Å². The SMILES string of the molecule is c1ccc(-c2nc(-c3cc4ccc5cccc6c7ccnc8oc3c(c87)c4c56)nc(-c3cccc4sc5ccccc5c34)n2)cc1. The van der Waals surface area contributed by atoms with Crippen molar-refractivity contribution in [3.8, 4) is 34.2 Å². The van der Waals surface area contributed by atoms with Gasteiger partial charge in [-0.2, -0.15) is 0 Å². The van der Waals surface area contributed by atoms with E-state index in [-0.39, 0.29) is 0 Å². The molecule has 11 aromatic rings. The predicted molar refractivity (Wildman–Crippen MR) is 189 cm³/mol. The van der Waals surface area contributed by atoms with Crippen molar-refractivity contribution in [2.75, 3.05) is 0 Å². The summed E-state index contributed by atoms with van der Waals surface area (Å²) in [7, 11) is 0. The Labute approximate surface area is 265 Å². The maximum Gasteiger partial charge on any atom is 0.227 e. The van der Waals surface area contributed by atoms with Crippen LogP contribution in [0, 0.1) is 0 Å². The summed E-state index contributed by atoms with van der Waals surface area (Å²) in [6, 6.07) is 40.2. The Morgan fingerprint density at radius 1 is 0.478 bits per heavy atom. The number of benzene rings is 7. The quantitative estimate of drug-likeness (QED) is 0.148. The number of pyridine rings is 1. The zero-order valence-electron chi connectivity index (χ0n) is 24.2. The summed E-state index contributed by atoms with van der Waals surface area (Å²) in [5.74, 6) is 1.82. The molecule has 4 heterocycles. The Morgan fingerprint density at radius 3 is 2.15 bits per heavy atom. The third-order valence-corrected chi connectivity index (χ3v) is 10.4. The maximum atomic E-state index is 6.66. The average molecular weight is 605 g/mol. The van der Waals surface area contributed by atoms with E-state index in [1.807, 2.05) is 36.5 Å². The maximum absolute atomic E-state index is 6.66. The number of rotatable bonds is 3. The van der Waals surface area contributed by atoms with Crippen molar-refractivity contribution in [2.24, 2.45) is 0 Å². The molecule has 4 aromatic heterocycles. The molecule has 11 rings (SSSR count). The summed E-state index contributed by atoms with van der Waals surface area (Å²) in [6.45, 7) is 0. The van der Waals surface area contributed by atoms with Crippen molar-refractivity contribution in [1.82, 2.24) is 19.9 Å². The van der Waals surface area contributed by atoms with Crippen LogP contribution in [0.25, 0.3) is 109 Å². The third kappa shape index (κ3) is 3.18. The van der Waals surface area contributed by atoms with Gasteiger partial charge in [-0.1, -0.05) is 91.0 Å². The largest absolute Gasteiger partial charge is 0.437 e. The van der Waals surface area contributed by atoms with Crippen LogP contribution in [-0.2, 0) is 0 Å². The molecular formula is C40H20N4OS. The zero-order chi connectivity index (χ0) is 29.9. The van der Waals surface area contributed by atoms with E-state index in [1.165, 1.54) is 36.3 Å². The highest BCUT2D eigenvalue weighted by Crippen LogP contribution is 2.48. The molecule has 0 fully saturated rings.